The van der Waals surface area contributed by atoms with Crippen molar-refractivity contribution in [1.29, 1.82) is 0 Å². The fourth-order valence-electron chi connectivity index (χ4n) is 3.56. The lowest BCUT2D eigenvalue weighted by atomic mass is 10.1. The first-order valence-electron chi connectivity index (χ1n) is 11.5. The molecular weight excluding hydrogens is 472 g/mol. The van der Waals surface area contributed by atoms with E-state index < -0.39 is 38.4 Å². The van der Waals surface area contributed by atoms with E-state index in [1.54, 1.807) is 25.5 Å². The Bertz CT molecular complexity index is 1180. The zero-order valence-corrected chi connectivity index (χ0v) is 22.4. The number of rotatable bonds is 8. The molecule has 35 heavy (non-hydrogen) atoms. The van der Waals surface area contributed by atoms with Crippen LogP contribution in [0.5, 0.6) is 0 Å². The lowest BCUT2D eigenvalue weighted by molar-refractivity contribution is -0.118. The van der Waals surface area contributed by atoms with Gasteiger partial charge in [-0.25, -0.2) is 4.98 Å². The second-order valence-corrected chi connectivity index (χ2v) is 15.2. The molecule has 1 saturated heterocycles. The molecule has 3 heterocycles. The van der Waals surface area contributed by atoms with Crippen LogP contribution in [-0.2, 0) is 18.7 Å². The first-order chi connectivity index (χ1) is 16.3. The Morgan fingerprint density at radius 2 is 2.09 bits per heavy atom. The van der Waals surface area contributed by atoms with Gasteiger partial charge in [-0.15, -0.1) is 0 Å². The molecule has 0 spiro atoms. The number of amides is 1. The number of nitrogens with zero attached hydrogens (tertiary/aromatic N) is 6. The average Bonchev–Trinajstić information content (AvgIpc) is 3.32. The van der Waals surface area contributed by atoms with Crippen LogP contribution in [0.15, 0.2) is 16.2 Å². The normalized spacial score (nSPS) is 23.0. The molecule has 1 aliphatic heterocycles. The molecule has 1 amide bonds. The summed E-state index contributed by atoms with van der Waals surface area (Å²) >= 11 is 0. The molecule has 0 aliphatic carbocycles. The summed E-state index contributed by atoms with van der Waals surface area (Å²) in [6.45, 7) is 14.1. The summed E-state index contributed by atoms with van der Waals surface area (Å²) in [6.07, 6.45) is -1.03. The van der Waals surface area contributed by atoms with Crippen LogP contribution in [0.4, 0.5) is 5.95 Å². The Kier molecular flexibility index (Phi) is 7.72. The van der Waals surface area contributed by atoms with Gasteiger partial charge in [-0.05, 0) is 23.7 Å². The van der Waals surface area contributed by atoms with Crippen molar-refractivity contribution < 1.29 is 18.7 Å². The fraction of sp³-hybridized carbons (Fsp3) is 0.714. The topological polar surface area (TPSA) is 169 Å². The van der Waals surface area contributed by atoms with Crippen LogP contribution in [0.3, 0.4) is 0 Å². The highest BCUT2D eigenvalue weighted by atomic mass is 28.4. The molecule has 3 rings (SSSR count). The first-order valence-corrected chi connectivity index (χ1v) is 14.4. The van der Waals surface area contributed by atoms with Gasteiger partial charge in [0, 0.05) is 17.9 Å². The number of fused-ring (bicyclic) bond motifs is 1. The third kappa shape index (κ3) is 5.41. The van der Waals surface area contributed by atoms with E-state index in [0.717, 1.165) is 0 Å². The Labute approximate surface area is 204 Å². The molecule has 2 N–H and O–H groups in total. The van der Waals surface area contributed by atoms with E-state index in [0.29, 0.717) is 0 Å². The van der Waals surface area contributed by atoms with Gasteiger partial charge in [-0.2, -0.15) is 4.98 Å². The summed E-state index contributed by atoms with van der Waals surface area (Å²) in [4.78, 5) is 38.9. The number of ether oxygens (including phenoxy) is 2. The quantitative estimate of drug-likeness (QED) is 0.239. The van der Waals surface area contributed by atoms with Crippen LogP contribution in [0, 0.1) is 5.92 Å². The summed E-state index contributed by atoms with van der Waals surface area (Å²) < 4.78 is 20.4. The molecule has 0 bridgehead atoms. The van der Waals surface area contributed by atoms with Crippen LogP contribution in [0.2, 0.25) is 18.1 Å². The zero-order chi connectivity index (χ0) is 26.1. The zero-order valence-electron chi connectivity index (χ0n) is 21.4. The Hall–Kier alpha value is -2.77. The number of aromatic nitrogens is 4. The number of aromatic amines is 1. The number of hydrogen-bond acceptors (Lipinski definition) is 8. The molecule has 0 radical (unpaired) electrons. The summed E-state index contributed by atoms with van der Waals surface area (Å²) in [5, 5.41) is 6.19. The molecule has 1 aliphatic rings. The number of carbonyl (C=O) groups excluding carboxylic acids is 1. The maximum Gasteiger partial charge on any atom is 0.280 e. The second kappa shape index (κ2) is 10.1. The van der Waals surface area contributed by atoms with E-state index in [2.05, 4.69) is 64.2 Å². The van der Waals surface area contributed by atoms with Crippen LogP contribution in [0.1, 0.15) is 40.8 Å². The van der Waals surface area contributed by atoms with Crippen LogP contribution in [-0.4, -0.2) is 65.7 Å². The first kappa shape index (κ1) is 26.8. The standard InChI is InChI=1S/C21H34N8O5Si/c1-11(2)17(30)26-20-25-16-13(18(31)27-20)23-10-29(16)19-15(34-35(7,8)21(3,4)5)14(32-6)12(33-19)9-24-28-22/h10-12,14-15,19H,9H2,1-8H3,(H2,25,26,27,30,31)/t12-,14-,15?,19-/m1/s1. The monoisotopic (exact) mass is 506 g/mol. The highest BCUT2D eigenvalue weighted by molar-refractivity contribution is 6.74. The molecule has 13 nitrogen and oxygen atoms in total. The van der Waals surface area contributed by atoms with Crippen LogP contribution in [0.25, 0.3) is 21.6 Å². The van der Waals surface area contributed by atoms with Crippen LogP contribution < -0.4 is 10.9 Å². The number of hydrogen-bond donors (Lipinski definition) is 2. The minimum Gasteiger partial charge on any atom is -0.407 e. The van der Waals surface area contributed by atoms with Crippen molar-refractivity contribution in [2.24, 2.45) is 11.0 Å². The highest BCUT2D eigenvalue weighted by Crippen LogP contribution is 2.43. The van der Waals surface area contributed by atoms with Gasteiger partial charge >= 0.3 is 0 Å². The Morgan fingerprint density at radius 1 is 1.40 bits per heavy atom. The van der Waals surface area contributed by atoms with Gasteiger partial charge in [0.1, 0.15) is 12.2 Å². The van der Waals surface area contributed by atoms with Crippen molar-refractivity contribution in [2.45, 2.75) is 77.3 Å². The molecular formula is C21H34N8O5Si. The Balaban J connectivity index is 2.10. The van der Waals surface area contributed by atoms with Gasteiger partial charge in [0.05, 0.1) is 19.0 Å². The molecule has 0 saturated carbocycles. The van der Waals surface area contributed by atoms with Crippen molar-refractivity contribution in [1.82, 2.24) is 19.5 Å². The molecule has 0 aromatic carbocycles. The molecule has 4 atom stereocenters. The summed E-state index contributed by atoms with van der Waals surface area (Å²) in [6, 6.07) is 0. The molecule has 2 aromatic heterocycles. The van der Waals surface area contributed by atoms with E-state index in [-0.39, 0.29) is 40.5 Å². The van der Waals surface area contributed by atoms with Crippen molar-refractivity contribution >= 4 is 31.3 Å². The number of azide groups is 1. The van der Waals surface area contributed by atoms with E-state index in [1.165, 1.54) is 6.33 Å². The second-order valence-electron chi connectivity index (χ2n) is 10.4. The number of imidazole rings is 1. The maximum absolute atomic E-state index is 12.7. The molecule has 14 heteroatoms. The van der Waals surface area contributed by atoms with Crippen molar-refractivity contribution in [3.05, 3.63) is 27.1 Å². The predicted molar refractivity (Wildman–Crippen MR) is 132 cm³/mol. The molecule has 192 valence electrons. The van der Waals surface area contributed by atoms with Crippen molar-refractivity contribution in [3.63, 3.8) is 0 Å². The van der Waals surface area contributed by atoms with Gasteiger partial charge in [0.15, 0.2) is 25.7 Å². The lowest BCUT2D eigenvalue weighted by Gasteiger charge is -2.40. The average molecular weight is 507 g/mol. The van der Waals surface area contributed by atoms with Gasteiger partial charge in [-0.1, -0.05) is 39.7 Å². The number of nitrogens with one attached hydrogen (secondary N) is 2. The van der Waals surface area contributed by atoms with E-state index in [9.17, 15) is 9.59 Å². The fourth-order valence-corrected chi connectivity index (χ4v) is 4.84. The minimum absolute atomic E-state index is 0.0109. The van der Waals surface area contributed by atoms with Crippen molar-refractivity contribution in [2.75, 3.05) is 19.0 Å². The van der Waals surface area contributed by atoms with Gasteiger partial charge in [-0.3, -0.25) is 24.5 Å². The van der Waals surface area contributed by atoms with E-state index >= 15 is 0 Å². The molecule has 1 fully saturated rings. The SMILES string of the molecule is CO[C@H]1C(O[Si](C)(C)C(C)(C)C)[C@H](n2cnc3c(=O)[nH]c(NC(=O)C(C)C)nc32)O[C@@H]1CN=[N+]=[N-]. The van der Waals surface area contributed by atoms with Gasteiger partial charge < -0.3 is 13.9 Å². The Morgan fingerprint density at radius 3 is 2.66 bits per heavy atom. The molecule has 1 unspecified atom stereocenters. The summed E-state index contributed by atoms with van der Waals surface area (Å²) in [7, 11) is -0.758. The van der Waals surface area contributed by atoms with E-state index in [4.69, 9.17) is 19.4 Å². The van der Waals surface area contributed by atoms with Crippen molar-refractivity contribution in [3.8, 4) is 0 Å². The predicted octanol–water partition coefficient (Wildman–Crippen LogP) is 3.33. The third-order valence-corrected chi connectivity index (χ3v) is 11.1. The highest BCUT2D eigenvalue weighted by Gasteiger charge is 2.51. The number of methoxy groups -OCH3 is 1. The van der Waals surface area contributed by atoms with Gasteiger partial charge in [0.25, 0.3) is 5.56 Å². The molecule has 2 aromatic rings. The minimum atomic E-state index is -2.31. The summed E-state index contributed by atoms with van der Waals surface area (Å²) in [5.41, 5.74) is 8.66. The summed E-state index contributed by atoms with van der Waals surface area (Å²) in [5.74, 6) is -0.578. The lowest BCUT2D eigenvalue weighted by Crippen LogP contribution is -2.49. The third-order valence-electron chi connectivity index (χ3n) is 6.59. The number of carbonyl (C=O) groups is 1. The smallest absolute Gasteiger partial charge is 0.280 e. The maximum atomic E-state index is 12.7. The van der Waals surface area contributed by atoms with Crippen LogP contribution >= 0.6 is 0 Å². The number of H-pyrrole nitrogens is 1. The van der Waals surface area contributed by atoms with E-state index in [1.807, 2.05) is 0 Å². The van der Waals surface area contributed by atoms with Gasteiger partial charge in [0.2, 0.25) is 11.9 Å². The number of anilines is 1. The largest absolute Gasteiger partial charge is 0.407 e.